The van der Waals surface area contributed by atoms with E-state index >= 15 is 0 Å². The van der Waals surface area contributed by atoms with Crippen molar-refractivity contribution in [1.29, 1.82) is 0 Å². The Kier molecular flexibility index (Phi) is 2.82. The largest absolute Gasteiger partial charge is 0.295 e. The zero-order valence-electron chi connectivity index (χ0n) is 8.22. The second kappa shape index (κ2) is 4.08. The molecule has 0 heterocycles. The van der Waals surface area contributed by atoms with Crippen molar-refractivity contribution in [2.75, 3.05) is 0 Å². The molecule has 0 N–H and O–H groups in total. The van der Waals surface area contributed by atoms with Gasteiger partial charge >= 0.3 is 0 Å². The third-order valence-electron chi connectivity index (χ3n) is 3.29. The summed E-state index contributed by atoms with van der Waals surface area (Å²) >= 11 is 0. The normalized spacial score (nSPS) is 28.6. The molecule has 0 saturated heterocycles. The molecule has 0 aliphatic heterocycles. The van der Waals surface area contributed by atoms with E-state index in [4.69, 9.17) is 0 Å². The van der Waals surface area contributed by atoms with Crippen LogP contribution in [0, 0.1) is 5.92 Å². The first-order chi connectivity index (χ1) is 6.36. The molecule has 2 fully saturated rings. The molecule has 2 aliphatic rings. The average molecular weight is 178 g/mol. The van der Waals surface area contributed by atoms with Crippen molar-refractivity contribution in [2.45, 2.75) is 51.4 Å². The van der Waals surface area contributed by atoms with E-state index in [0.29, 0.717) is 5.78 Å². The molecule has 2 saturated carbocycles. The van der Waals surface area contributed by atoms with Gasteiger partial charge in [-0.05, 0) is 43.6 Å². The predicted molar refractivity (Wildman–Crippen MR) is 53.5 cm³/mol. The molecule has 0 aromatic heterocycles. The van der Waals surface area contributed by atoms with Crippen molar-refractivity contribution in [3.63, 3.8) is 0 Å². The van der Waals surface area contributed by atoms with Crippen LogP contribution in [0.3, 0.4) is 0 Å². The van der Waals surface area contributed by atoms with Crippen molar-refractivity contribution in [2.24, 2.45) is 5.92 Å². The van der Waals surface area contributed by atoms with Crippen LogP contribution in [0.5, 0.6) is 0 Å². The van der Waals surface area contributed by atoms with Crippen LogP contribution < -0.4 is 0 Å². The summed E-state index contributed by atoms with van der Waals surface area (Å²) in [6, 6.07) is 0. The van der Waals surface area contributed by atoms with Crippen LogP contribution in [0.1, 0.15) is 51.4 Å². The lowest BCUT2D eigenvalue weighted by molar-refractivity contribution is -0.116. The molecule has 13 heavy (non-hydrogen) atoms. The Bertz CT molecular complexity index is 221. The van der Waals surface area contributed by atoms with Gasteiger partial charge in [0.25, 0.3) is 0 Å². The molecule has 0 aromatic rings. The first-order valence-corrected chi connectivity index (χ1v) is 5.60. The zero-order chi connectivity index (χ0) is 9.10. The highest BCUT2D eigenvalue weighted by molar-refractivity contribution is 5.95. The van der Waals surface area contributed by atoms with Crippen LogP contribution in [0.15, 0.2) is 11.6 Å². The SMILES string of the molecule is O=C1CCCC/C1=C\C1CCCC1. The van der Waals surface area contributed by atoms with E-state index in [-0.39, 0.29) is 0 Å². The van der Waals surface area contributed by atoms with Crippen molar-refractivity contribution in [3.05, 3.63) is 11.6 Å². The van der Waals surface area contributed by atoms with Gasteiger partial charge in [0, 0.05) is 6.42 Å². The monoisotopic (exact) mass is 178 g/mol. The van der Waals surface area contributed by atoms with E-state index in [1.807, 2.05) is 0 Å². The molecule has 0 bridgehead atoms. The summed E-state index contributed by atoms with van der Waals surface area (Å²) in [5.74, 6) is 1.16. The first-order valence-electron chi connectivity index (χ1n) is 5.60. The highest BCUT2D eigenvalue weighted by Crippen LogP contribution is 2.29. The minimum absolute atomic E-state index is 0.429. The smallest absolute Gasteiger partial charge is 0.158 e. The number of allylic oxidation sites excluding steroid dienone is 2. The van der Waals surface area contributed by atoms with E-state index in [1.165, 1.54) is 32.1 Å². The molecule has 0 radical (unpaired) electrons. The van der Waals surface area contributed by atoms with Gasteiger partial charge in [-0.25, -0.2) is 0 Å². The topological polar surface area (TPSA) is 17.1 Å². The number of Topliss-reactive ketones (excluding diaryl/α,β-unsaturated/α-hetero) is 1. The highest BCUT2D eigenvalue weighted by Gasteiger charge is 2.18. The third-order valence-corrected chi connectivity index (χ3v) is 3.29. The van der Waals surface area contributed by atoms with E-state index in [1.54, 1.807) is 0 Å². The Hall–Kier alpha value is -0.590. The molecule has 1 nitrogen and oxygen atoms in total. The van der Waals surface area contributed by atoms with E-state index in [0.717, 1.165) is 30.8 Å². The minimum atomic E-state index is 0.429. The average Bonchev–Trinajstić information content (AvgIpc) is 2.61. The van der Waals surface area contributed by atoms with Gasteiger partial charge in [0.2, 0.25) is 0 Å². The van der Waals surface area contributed by atoms with Gasteiger partial charge in [0.05, 0.1) is 0 Å². The summed E-state index contributed by atoms with van der Waals surface area (Å²) < 4.78 is 0. The molecule has 0 unspecified atom stereocenters. The number of hydrogen-bond donors (Lipinski definition) is 0. The Labute approximate surface area is 80.2 Å². The molecule has 1 heteroatoms. The van der Waals surface area contributed by atoms with Gasteiger partial charge in [-0.1, -0.05) is 18.9 Å². The lowest BCUT2D eigenvalue weighted by Gasteiger charge is -2.14. The van der Waals surface area contributed by atoms with Crippen LogP contribution in [0.2, 0.25) is 0 Å². The predicted octanol–water partition coefficient (Wildman–Crippen LogP) is 3.25. The third kappa shape index (κ3) is 2.20. The molecule has 0 amide bonds. The zero-order valence-corrected chi connectivity index (χ0v) is 8.22. The Morgan fingerprint density at radius 1 is 1.00 bits per heavy atom. The maximum Gasteiger partial charge on any atom is 0.158 e. The molecule has 2 aliphatic carbocycles. The lowest BCUT2D eigenvalue weighted by atomic mass is 9.90. The van der Waals surface area contributed by atoms with Gasteiger partial charge < -0.3 is 0 Å². The van der Waals surface area contributed by atoms with E-state index < -0.39 is 0 Å². The standard InChI is InChI=1S/C12H18O/c13-12-8-4-3-7-11(12)9-10-5-1-2-6-10/h9-10H,1-8H2/b11-9+. The highest BCUT2D eigenvalue weighted by atomic mass is 16.1. The summed E-state index contributed by atoms with van der Waals surface area (Å²) in [6.45, 7) is 0. The number of rotatable bonds is 1. The van der Waals surface area contributed by atoms with E-state index in [9.17, 15) is 4.79 Å². The molecular weight excluding hydrogens is 160 g/mol. The molecule has 2 rings (SSSR count). The number of carbonyl (C=O) groups is 1. The fourth-order valence-corrected chi connectivity index (χ4v) is 2.49. The van der Waals surface area contributed by atoms with Crippen LogP contribution in [0.25, 0.3) is 0 Å². The molecule has 0 atom stereocenters. The first kappa shape index (κ1) is 8.98. The van der Waals surface area contributed by atoms with Crippen LogP contribution >= 0.6 is 0 Å². The van der Waals surface area contributed by atoms with Gasteiger partial charge in [-0.3, -0.25) is 4.79 Å². The van der Waals surface area contributed by atoms with Crippen molar-refractivity contribution >= 4 is 5.78 Å². The Balaban J connectivity index is 1.99. The molecule has 72 valence electrons. The quantitative estimate of drug-likeness (QED) is 0.563. The van der Waals surface area contributed by atoms with Crippen molar-refractivity contribution in [3.8, 4) is 0 Å². The van der Waals surface area contributed by atoms with Crippen LogP contribution in [-0.4, -0.2) is 5.78 Å². The van der Waals surface area contributed by atoms with Gasteiger partial charge in [-0.15, -0.1) is 0 Å². The molecule has 0 spiro atoms. The number of ketones is 1. The number of hydrogen-bond acceptors (Lipinski definition) is 1. The second-order valence-corrected chi connectivity index (χ2v) is 4.37. The maximum atomic E-state index is 11.5. The summed E-state index contributed by atoms with van der Waals surface area (Å²) in [6.07, 6.45) is 11.8. The summed E-state index contributed by atoms with van der Waals surface area (Å²) in [4.78, 5) is 11.5. The van der Waals surface area contributed by atoms with Gasteiger partial charge in [-0.2, -0.15) is 0 Å². The minimum Gasteiger partial charge on any atom is -0.295 e. The summed E-state index contributed by atoms with van der Waals surface area (Å²) in [7, 11) is 0. The van der Waals surface area contributed by atoms with Gasteiger partial charge in [0.1, 0.15) is 0 Å². The molecule has 0 aromatic carbocycles. The maximum absolute atomic E-state index is 11.5. The second-order valence-electron chi connectivity index (χ2n) is 4.37. The summed E-state index contributed by atoms with van der Waals surface area (Å²) in [5, 5.41) is 0. The summed E-state index contributed by atoms with van der Waals surface area (Å²) in [5.41, 5.74) is 1.15. The van der Waals surface area contributed by atoms with Crippen LogP contribution in [0.4, 0.5) is 0 Å². The van der Waals surface area contributed by atoms with E-state index in [2.05, 4.69) is 6.08 Å². The fraction of sp³-hybridized carbons (Fsp3) is 0.750. The lowest BCUT2D eigenvalue weighted by Crippen LogP contribution is -2.09. The Morgan fingerprint density at radius 3 is 2.38 bits per heavy atom. The van der Waals surface area contributed by atoms with Crippen LogP contribution in [-0.2, 0) is 4.79 Å². The Morgan fingerprint density at radius 2 is 1.69 bits per heavy atom. The fourth-order valence-electron chi connectivity index (χ4n) is 2.49. The van der Waals surface area contributed by atoms with Crippen molar-refractivity contribution in [1.82, 2.24) is 0 Å². The van der Waals surface area contributed by atoms with Gasteiger partial charge in [0.15, 0.2) is 5.78 Å². The number of carbonyl (C=O) groups excluding carboxylic acids is 1. The molecular formula is C12H18O. The van der Waals surface area contributed by atoms with Crippen molar-refractivity contribution < 1.29 is 4.79 Å².